The van der Waals surface area contributed by atoms with Crippen molar-refractivity contribution in [2.45, 2.75) is 63.5 Å². The molecule has 1 heterocycles. The predicted octanol–water partition coefficient (Wildman–Crippen LogP) is 2.08. The molecule has 20 heavy (non-hydrogen) atoms. The number of rotatable bonds is 7. The topological polar surface area (TPSA) is 52.0 Å². The average molecular weight is 280 g/mol. The van der Waals surface area contributed by atoms with Gasteiger partial charge in [0.2, 0.25) is 0 Å². The van der Waals surface area contributed by atoms with Crippen molar-refractivity contribution < 1.29 is 4.74 Å². The quantitative estimate of drug-likeness (QED) is 0.831. The number of hydrogen-bond acceptors (Lipinski definition) is 4. The fourth-order valence-corrected chi connectivity index (χ4v) is 3.30. The van der Waals surface area contributed by atoms with Crippen LogP contribution < -0.4 is 5.32 Å². The van der Waals surface area contributed by atoms with Crippen molar-refractivity contribution in [3.63, 3.8) is 0 Å². The van der Waals surface area contributed by atoms with Gasteiger partial charge < -0.3 is 10.1 Å². The molecule has 1 fully saturated rings. The summed E-state index contributed by atoms with van der Waals surface area (Å²) in [6.07, 6.45) is 9.78. The number of nitrogens with one attached hydrogen (secondary N) is 1. The molecule has 0 radical (unpaired) electrons. The molecule has 1 N–H and O–H groups in total. The van der Waals surface area contributed by atoms with E-state index in [0.29, 0.717) is 6.04 Å². The van der Waals surface area contributed by atoms with E-state index in [-0.39, 0.29) is 5.60 Å². The van der Waals surface area contributed by atoms with Crippen LogP contribution >= 0.6 is 0 Å². The molecule has 1 aromatic heterocycles. The zero-order valence-corrected chi connectivity index (χ0v) is 13.1. The van der Waals surface area contributed by atoms with Crippen LogP contribution in [0.5, 0.6) is 0 Å². The molecule has 0 bridgehead atoms. The van der Waals surface area contributed by atoms with Gasteiger partial charge in [-0.2, -0.15) is 5.10 Å². The summed E-state index contributed by atoms with van der Waals surface area (Å²) in [5.41, 5.74) is -0.0423. The summed E-state index contributed by atoms with van der Waals surface area (Å²) in [6.45, 7) is 3.22. The van der Waals surface area contributed by atoms with Crippen LogP contribution in [0.25, 0.3) is 0 Å². The maximum Gasteiger partial charge on any atom is 0.138 e. The molecule has 0 amide bonds. The van der Waals surface area contributed by atoms with Crippen LogP contribution in [0.15, 0.2) is 6.33 Å². The Morgan fingerprint density at radius 2 is 2.15 bits per heavy atom. The van der Waals surface area contributed by atoms with Crippen molar-refractivity contribution >= 4 is 0 Å². The molecule has 1 saturated carbocycles. The van der Waals surface area contributed by atoms with E-state index in [1.54, 1.807) is 6.33 Å². The Morgan fingerprint density at radius 1 is 1.40 bits per heavy atom. The van der Waals surface area contributed by atoms with Crippen molar-refractivity contribution in [2.24, 2.45) is 7.05 Å². The highest BCUT2D eigenvalue weighted by Gasteiger charge is 2.40. The maximum absolute atomic E-state index is 6.01. The number of aryl methyl sites for hydroxylation is 1. The molecule has 1 aliphatic carbocycles. The molecular weight excluding hydrogens is 252 g/mol. The van der Waals surface area contributed by atoms with Crippen LogP contribution in [0.4, 0.5) is 0 Å². The predicted molar refractivity (Wildman–Crippen MR) is 79.6 cm³/mol. The summed E-state index contributed by atoms with van der Waals surface area (Å²) in [6, 6.07) is 0.315. The van der Waals surface area contributed by atoms with Crippen LogP contribution in [0.3, 0.4) is 0 Å². The third-order valence-electron chi connectivity index (χ3n) is 4.57. The van der Waals surface area contributed by atoms with Gasteiger partial charge in [0.05, 0.1) is 5.60 Å². The molecule has 5 heteroatoms. The van der Waals surface area contributed by atoms with E-state index >= 15 is 0 Å². The molecule has 1 aromatic rings. The minimum absolute atomic E-state index is 0.0423. The lowest BCUT2D eigenvalue weighted by molar-refractivity contribution is -0.0677. The fraction of sp³-hybridized carbons (Fsp3) is 0.867. The lowest BCUT2D eigenvalue weighted by Crippen LogP contribution is -2.54. The third-order valence-corrected chi connectivity index (χ3v) is 4.57. The lowest BCUT2D eigenvalue weighted by atomic mass is 9.77. The Kier molecular flexibility index (Phi) is 5.54. The highest BCUT2D eigenvalue weighted by Crippen LogP contribution is 2.35. The summed E-state index contributed by atoms with van der Waals surface area (Å²) < 4.78 is 7.87. The molecule has 2 rings (SSSR count). The minimum Gasteiger partial charge on any atom is -0.377 e. The van der Waals surface area contributed by atoms with E-state index in [0.717, 1.165) is 38.1 Å². The van der Waals surface area contributed by atoms with Gasteiger partial charge in [0.1, 0.15) is 12.2 Å². The molecule has 0 saturated heterocycles. The van der Waals surface area contributed by atoms with E-state index in [4.69, 9.17) is 4.74 Å². The van der Waals surface area contributed by atoms with Crippen LogP contribution in [0, 0.1) is 0 Å². The van der Waals surface area contributed by atoms with Crippen molar-refractivity contribution in [3.05, 3.63) is 12.2 Å². The zero-order valence-electron chi connectivity index (χ0n) is 13.1. The summed E-state index contributed by atoms with van der Waals surface area (Å²) >= 11 is 0. The van der Waals surface area contributed by atoms with E-state index in [9.17, 15) is 0 Å². The SMILES string of the molecule is CCCNC(Cc1ncnn1C)C1(OC)CCCCC1. The Bertz CT molecular complexity index is 398. The lowest BCUT2D eigenvalue weighted by Gasteiger charge is -2.43. The molecule has 1 unspecified atom stereocenters. The maximum atomic E-state index is 6.01. The Hall–Kier alpha value is -0.940. The highest BCUT2D eigenvalue weighted by atomic mass is 16.5. The summed E-state index contributed by atoms with van der Waals surface area (Å²) in [7, 11) is 3.82. The van der Waals surface area contributed by atoms with Gasteiger partial charge in [0.25, 0.3) is 0 Å². The monoisotopic (exact) mass is 280 g/mol. The molecule has 1 atom stereocenters. The first kappa shape index (κ1) is 15.4. The second-order valence-electron chi connectivity index (χ2n) is 5.84. The molecule has 0 aromatic carbocycles. The summed E-state index contributed by atoms with van der Waals surface area (Å²) in [4.78, 5) is 4.38. The van der Waals surface area contributed by atoms with Gasteiger partial charge in [-0.05, 0) is 25.8 Å². The number of hydrogen-bond donors (Lipinski definition) is 1. The first-order valence-electron chi connectivity index (χ1n) is 7.83. The van der Waals surface area contributed by atoms with Crippen LogP contribution in [0.2, 0.25) is 0 Å². The van der Waals surface area contributed by atoms with E-state index in [1.807, 2.05) is 18.8 Å². The smallest absolute Gasteiger partial charge is 0.138 e. The highest BCUT2D eigenvalue weighted by molar-refractivity contribution is 5.01. The first-order chi connectivity index (χ1) is 9.72. The minimum atomic E-state index is -0.0423. The second-order valence-corrected chi connectivity index (χ2v) is 5.84. The number of ether oxygens (including phenoxy) is 1. The van der Waals surface area contributed by atoms with Crippen molar-refractivity contribution in [3.8, 4) is 0 Å². The normalized spacial score (nSPS) is 19.9. The standard InChI is InChI=1S/C15H28N4O/c1-4-10-16-13(11-14-17-12-18-19(14)2)15(20-3)8-6-5-7-9-15/h12-13,16H,4-11H2,1-3H3. The molecular formula is C15H28N4O. The van der Waals surface area contributed by atoms with Crippen molar-refractivity contribution in [1.29, 1.82) is 0 Å². The van der Waals surface area contributed by atoms with Gasteiger partial charge in [-0.1, -0.05) is 26.2 Å². The van der Waals surface area contributed by atoms with Crippen molar-refractivity contribution in [2.75, 3.05) is 13.7 Å². The number of methoxy groups -OCH3 is 1. The molecule has 0 aliphatic heterocycles. The number of aromatic nitrogens is 3. The van der Waals surface area contributed by atoms with E-state index < -0.39 is 0 Å². The van der Waals surface area contributed by atoms with E-state index in [1.165, 1.54) is 19.3 Å². The fourth-order valence-electron chi connectivity index (χ4n) is 3.30. The zero-order chi connectivity index (χ0) is 14.4. The van der Waals surface area contributed by atoms with Crippen LogP contribution in [-0.4, -0.2) is 40.1 Å². The first-order valence-corrected chi connectivity index (χ1v) is 7.83. The third kappa shape index (κ3) is 3.38. The van der Waals surface area contributed by atoms with Crippen molar-refractivity contribution in [1.82, 2.24) is 20.1 Å². The van der Waals surface area contributed by atoms with Gasteiger partial charge in [0.15, 0.2) is 0 Å². The van der Waals surface area contributed by atoms with Gasteiger partial charge in [-0.25, -0.2) is 4.98 Å². The molecule has 114 valence electrons. The van der Waals surface area contributed by atoms with E-state index in [2.05, 4.69) is 22.3 Å². The van der Waals surface area contributed by atoms with Crippen LogP contribution in [-0.2, 0) is 18.2 Å². The Balaban J connectivity index is 2.14. The average Bonchev–Trinajstić information content (AvgIpc) is 2.89. The summed E-state index contributed by atoms with van der Waals surface area (Å²) in [5, 5.41) is 7.87. The molecule has 0 spiro atoms. The number of nitrogens with zero attached hydrogens (tertiary/aromatic N) is 3. The van der Waals surface area contributed by atoms with Gasteiger partial charge in [-0.15, -0.1) is 0 Å². The largest absolute Gasteiger partial charge is 0.377 e. The Labute approximate surface area is 122 Å². The molecule has 5 nitrogen and oxygen atoms in total. The second kappa shape index (κ2) is 7.18. The van der Waals surface area contributed by atoms with Gasteiger partial charge >= 0.3 is 0 Å². The van der Waals surface area contributed by atoms with Gasteiger partial charge in [-0.3, -0.25) is 4.68 Å². The molecule has 1 aliphatic rings. The summed E-state index contributed by atoms with van der Waals surface area (Å²) in [5.74, 6) is 1.03. The van der Waals surface area contributed by atoms with Gasteiger partial charge in [0, 0.05) is 26.6 Å². The Morgan fingerprint density at radius 3 is 2.70 bits per heavy atom. The van der Waals surface area contributed by atoms with Crippen LogP contribution in [0.1, 0.15) is 51.3 Å².